The maximum absolute atomic E-state index is 2.45. The third-order valence-electron chi connectivity index (χ3n) is 6.03. The van der Waals surface area contributed by atoms with E-state index in [0.717, 1.165) is 11.8 Å². The SMILES string of the molecule is CC(C)CCC[C@H](C)CC[P+](c1ccccc1)(c1ccccc1)c1ccccc1.[Br-]. The van der Waals surface area contributed by atoms with Crippen LogP contribution in [0.15, 0.2) is 91.0 Å². The Balaban J connectivity index is 0.00000320. The van der Waals surface area contributed by atoms with Crippen LogP contribution in [0.2, 0.25) is 0 Å². The van der Waals surface area contributed by atoms with Gasteiger partial charge in [-0.15, -0.1) is 0 Å². The highest BCUT2D eigenvalue weighted by molar-refractivity contribution is 7.95. The van der Waals surface area contributed by atoms with Crippen molar-refractivity contribution in [1.29, 1.82) is 0 Å². The van der Waals surface area contributed by atoms with Gasteiger partial charge in [0.05, 0.1) is 6.16 Å². The van der Waals surface area contributed by atoms with E-state index in [1.54, 1.807) is 0 Å². The lowest BCUT2D eigenvalue weighted by molar-refractivity contribution is -0.00000612. The summed E-state index contributed by atoms with van der Waals surface area (Å²) >= 11 is 0. The molecule has 0 N–H and O–H groups in total. The van der Waals surface area contributed by atoms with Gasteiger partial charge in [0.1, 0.15) is 23.2 Å². The summed E-state index contributed by atoms with van der Waals surface area (Å²) < 4.78 is 0. The van der Waals surface area contributed by atoms with Crippen molar-refractivity contribution in [3.05, 3.63) is 91.0 Å². The second kappa shape index (κ2) is 12.4. The Morgan fingerprint density at radius 1 is 0.567 bits per heavy atom. The molecule has 0 heterocycles. The van der Waals surface area contributed by atoms with Crippen molar-refractivity contribution < 1.29 is 17.0 Å². The molecule has 30 heavy (non-hydrogen) atoms. The molecule has 0 bridgehead atoms. The van der Waals surface area contributed by atoms with E-state index < -0.39 is 7.26 Å². The summed E-state index contributed by atoms with van der Waals surface area (Å²) in [6.45, 7) is 7.12. The van der Waals surface area contributed by atoms with Crippen molar-refractivity contribution in [3.8, 4) is 0 Å². The Morgan fingerprint density at radius 2 is 0.967 bits per heavy atom. The molecule has 0 aliphatic heterocycles. The van der Waals surface area contributed by atoms with Crippen LogP contribution < -0.4 is 32.9 Å². The molecular weight excluding hydrogens is 447 g/mol. The third-order valence-corrected chi connectivity index (χ3v) is 10.5. The molecule has 0 amide bonds. The molecule has 0 aliphatic rings. The minimum absolute atomic E-state index is 0. The Labute approximate surface area is 195 Å². The lowest BCUT2D eigenvalue weighted by Gasteiger charge is -2.28. The molecule has 0 unspecified atom stereocenters. The minimum atomic E-state index is -1.66. The fourth-order valence-electron chi connectivity index (χ4n) is 4.31. The first-order valence-electron chi connectivity index (χ1n) is 11.2. The van der Waals surface area contributed by atoms with Crippen LogP contribution in [0.25, 0.3) is 0 Å². The zero-order valence-electron chi connectivity index (χ0n) is 18.7. The normalized spacial score (nSPS) is 12.4. The summed E-state index contributed by atoms with van der Waals surface area (Å²) in [6, 6.07) is 33.8. The van der Waals surface area contributed by atoms with Crippen LogP contribution >= 0.6 is 7.26 Å². The zero-order chi connectivity index (χ0) is 20.5. The average Bonchev–Trinajstić information content (AvgIpc) is 2.76. The fourth-order valence-corrected chi connectivity index (χ4v) is 8.86. The van der Waals surface area contributed by atoms with Crippen molar-refractivity contribution in [1.82, 2.24) is 0 Å². The van der Waals surface area contributed by atoms with Gasteiger partial charge in [-0.2, -0.15) is 0 Å². The van der Waals surface area contributed by atoms with Crippen LogP contribution in [0.1, 0.15) is 46.5 Å². The molecule has 0 aromatic heterocycles. The topological polar surface area (TPSA) is 0 Å². The molecule has 0 radical (unpaired) electrons. The van der Waals surface area contributed by atoms with Crippen LogP contribution in [0, 0.1) is 11.8 Å². The lowest BCUT2D eigenvalue weighted by atomic mass is 9.98. The fraction of sp³-hybridized carbons (Fsp3) is 0.357. The van der Waals surface area contributed by atoms with Crippen molar-refractivity contribution in [2.75, 3.05) is 6.16 Å². The van der Waals surface area contributed by atoms with Gasteiger partial charge in [-0.1, -0.05) is 94.6 Å². The van der Waals surface area contributed by atoms with Gasteiger partial charge in [-0.25, -0.2) is 0 Å². The van der Waals surface area contributed by atoms with Crippen LogP contribution in [-0.2, 0) is 0 Å². The summed E-state index contributed by atoms with van der Waals surface area (Å²) in [5.41, 5.74) is 0. The molecule has 0 spiro atoms. The summed E-state index contributed by atoms with van der Waals surface area (Å²) in [6.07, 6.45) is 6.57. The molecule has 3 aromatic rings. The first kappa shape index (κ1) is 24.8. The largest absolute Gasteiger partial charge is 1.00 e. The highest BCUT2D eigenvalue weighted by Gasteiger charge is 2.44. The Morgan fingerprint density at radius 3 is 1.33 bits per heavy atom. The van der Waals surface area contributed by atoms with E-state index in [-0.39, 0.29) is 17.0 Å². The van der Waals surface area contributed by atoms with Crippen molar-refractivity contribution in [2.45, 2.75) is 46.5 Å². The van der Waals surface area contributed by atoms with E-state index in [1.165, 1.54) is 47.8 Å². The smallest absolute Gasteiger partial charge is 0.112 e. The van der Waals surface area contributed by atoms with Crippen LogP contribution in [0.5, 0.6) is 0 Å². The predicted octanol–water partition coefficient (Wildman–Crippen LogP) is 3.84. The van der Waals surface area contributed by atoms with Gasteiger partial charge in [0, 0.05) is 0 Å². The molecule has 0 fully saturated rings. The molecule has 1 atom stereocenters. The van der Waals surface area contributed by atoms with Gasteiger partial charge in [-0.05, 0) is 54.7 Å². The predicted molar refractivity (Wildman–Crippen MR) is 132 cm³/mol. The van der Waals surface area contributed by atoms with E-state index in [4.69, 9.17) is 0 Å². The van der Waals surface area contributed by atoms with Crippen LogP contribution in [-0.4, -0.2) is 6.16 Å². The maximum Gasteiger partial charge on any atom is 0.112 e. The molecule has 3 aromatic carbocycles. The van der Waals surface area contributed by atoms with E-state index in [0.29, 0.717) is 0 Å². The summed E-state index contributed by atoms with van der Waals surface area (Å²) in [5, 5.41) is 4.52. The first-order chi connectivity index (χ1) is 14.1. The molecule has 0 saturated heterocycles. The molecule has 0 nitrogen and oxygen atoms in total. The summed E-state index contributed by atoms with van der Waals surface area (Å²) in [4.78, 5) is 0. The number of benzene rings is 3. The van der Waals surface area contributed by atoms with Crippen molar-refractivity contribution in [3.63, 3.8) is 0 Å². The van der Waals surface area contributed by atoms with Gasteiger partial charge in [0.15, 0.2) is 0 Å². The third kappa shape index (κ3) is 6.29. The van der Waals surface area contributed by atoms with Gasteiger partial charge in [0.25, 0.3) is 0 Å². The quantitative estimate of drug-likeness (QED) is 0.385. The van der Waals surface area contributed by atoms with Gasteiger partial charge in [-0.3, -0.25) is 0 Å². The second-order valence-electron chi connectivity index (χ2n) is 8.76. The highest BCUT2D eigenvalue weighted by Crippen LogP contribution is 2.56. The van der Waals surface area contributed by atoms with E-state index in [9.17, 15) is 0 Å². The molecular formula is C28H36BrP. The van der Waals surface area contributed by atoms with E-state index in [2.05, 4.69) is 112 Å². The molecule has 2 heteroatoms. The Kier molecular flexibility index (Phi) is 10.3. The molecule has 160 valence electrons. The van der Waals surface area contributed by atoms with Gasteiger partial charge >= 0.3 is 0 Å². The zero-order valence-corrected chi connectivity index (χ0v) is 21.2. The number of rotatable bonds is 10. The minimum Gasteiger partial charge on any atom is -1.00 e. The molecule has 3 rings (SSSR count). The van der Waals surface area contributed by atoms with Gasteiger partial charge < -0.3 is 17.0 Å². The number of hydrogen-bond acceptors (Lipinski definition) is 0. The van der Waals surface area contributed by atoms with Crippen molar-refractivity contribution in [2.24, 2.45) is 11.8 Å². The lowest BCUT2D eigenvalue weighted by Crippen LogP contribution is -3.00. The molecule has 0 saturated carbocycles. The first-order valence-corrected chi connectivity index (χ1v) is 13.1. The monoisotopic (exact) mass is 482 g/mol. The van der Waals surface area contributed by atoms with Gasteiger partial charge in [0.2, 0.25) is 0 Å². The average molecular weight is 483 g/mol. The Hall–Kier alpha value is -1.43. The van der Waals surface area contributed by atoms with Crippen molar-refractivity contribution >= 4 is 23.2 Å². The molecule has 0 aliphatic carbocycles. The number of halogens is 1. The van der Waals surface area contributed by atoms with Crippen LogP contribution in [0.3, 0.4) is 0 Å². The Bertz CT molecular complexity index is 734. The van der Waals surface area contributed by atoms with E-state index in [1.807, 2.05) is 0 Å². The summed E-state index contributed by atoms with van der Waals surface area (Å²) in [7, 11) is -1.66. The number of hydrogen-bond donors (Lipinski definition) is 0. The highest BCUT2D eigenvalue weighted by atomic mass is 79.9. The second-order valence-corrected chi connectivity index (χ2v) is 12.4. The standard InChI is InChI=1S/C28H36P.BrH/c1-24(2)14-13-15-25(3)22-23-29(26-16-7-4-8-17-26,27-18-9-5-10-19-27)28-20-11-6-12-21-28;/h4-12,16-21,24-25H,13-15,22-23H2,1-3H3;1H/q+1;/p-1/t25-;/m0./s1. The summed E-state index contributed by atoms with van der Waals surface area (Å²) in [5.74, 6) is 1.58. The van der Waals surface area contributed by atoms with Crippen LogP contribution in [0.4, 0.5) is 0 Å². The maximum atomic E-state index is 2.45. The van der Waals surface area contributed by atoms with E-state index >= 15 is 0 Å².